The number of aromatic nitrogens is 4. The van der Waals surface area contributed by atoms with Crippen LogP contribution >= 0.6 is 0 Å². The third-order valence-electron chi connectivity index (χ3n) is 4.67. The number of benzene rings is 1. The lowest BCUT2D eigenvalue weighted by molar-refractivity contribution is 0.438. The summed E-state index contributed by atoms with van der Waals surface area (Å²) < 4.78 is 0. The largest absolute Gasteiger partial charge is 0.338 e. The van der Waals surface area contributed by atoms with Crippen molar-refractivity contribution in [3.05, 3.63) is 35.9 Å². The highest BCUT2D eigenvalue weighted by Gasteiger charge is 2.18. The number of rotatable bonds is 3. The van der Waals surface area contributed by atoms with Crippen LogP contribution in [0, 0.1) is 11.8 Å². The Labute approximate surface area is 140 Å². The molecule has 1 aliphatic rings. The predicted molar refractivity (Wildman–Crippen MR) is 96.9 cm³/mol. The summed E-state index contributed by atoms with van der Waals surface area (Å²) in [7, 11) is 0. The molecule has 0 radical (unpaired) electrons. The summed E-state index contributed by atoms with van der Waals surface area (Å²) in [6, 6.07) is 7.98. The van der Waals surface area contributed by atoms with Gasteiger partial charge in [0.05, 0.1) is 0 Å². The highest BCUT2D eigenvalue weighted by Crippen LogP contribution is 2.27. The minimum atomic E-state index is 0.403. The molecule has 1 aliphatic carbocycles. The van der Waals surface area contributed by atoms with Gasteiger partial charge in [-0.1, -0.05) is 36.8 Å². The van der Waals surface area contributed by atoms with E-state index < -0.39 is 0 Å². The maximum Gasteiger partial charge on any atom is 0.265 e. The van der Waals surface area contributed by atoms with Gasteiger partial charge in [0.2, 0.25) is 0 Å². The average molecular weight is 320 g/mol. The van der Waals surface area contributed by atoms with Gasteiger partial charge in [0.25, 0.3) is 5.95 Å². The van der Waals surface area contributed by atoms with E-state index in [1.54, 1.807) is 0 Å². The molecule has 2 heterocycles. The molecule has 2 atom stereocenters. The molecule has 122 valence electrons. The smallest absolute Gasteiger partial charge is 0.265 e. The van der Waals surface area contributed by atoms with E-state index in [9.17, 15) is 0 Å². The van der Waals surface area contributed by atoms with Crippen molar-refractivity contribution in [2.45, 2.75) is 26.7 Å². The van der Waals surface area contributed by atoms with Gasteiger partial charge in [-0.15, -0.1) is 10.2 Å². The van der Waals surface area contributed by atoms with E-state index in [0.717, 1.165) is 29.3 Å². The summed E-state index contributed by atoms with van der Waals surface area (Å²) >= 11 is 0. The van der Waals surface area contributed by atoms with Gasteiger partial charge in [0, 0.05) is 23.0 Å². The van der Waals surface area contributed by atoms with Crippen molar-refractivity contribution < 1.29 is 0 Å². The van der Waals surface area contributed by atoms with Crippen LogP contribution in [-0.2, 0) is 0 Å². The molecule has 3 aromatic rings. The second-order valence-electron chi connectivity index (χ2n) is 6.52. The van der Waals surface area contributed by atoms with Crippen LogP contribution in [0.5, 0.6) is 0 Å². The van der Waals surface area contributed by atoms with Crippen molar-refractivity contribution in [2.75, 3.05) is 5.43 Å². The molecular weight excluding hydrogens is 300 g/mol. The van der Waals surface area contributed by atoms with Gasteiger partial charge < -0.3 is 4.98 Å². The van der Waals surface area contributed by atoms with E-state index in [1.165, 1.54) is 5.57 Å². The molecule has 4 rings (SSSR count). The predicted octanol–water partition coefficient (Wildman–Crippen LogP) is 3.90. The zero-order chi connectivity index (χ0) is 16.5. The van der Waals surface area contributed by atoms with Crippen LogP contribution in [0.25, 0.3) is 22.1 Å². The summed E-state index contributed by atoms with van der Waals surface area (Å²) in [5.74, 6) is 1.46. The van der Waals surface area contributed by atoms with Gasteiger partial charge in [0.1, 0.15) is 5.52 Å². The molecule has 0 fully saturated rings. The molecule has 0 spiro atoms. The maximum absolute atomic E-state index is 4.46. The lowest BCUT2D eigenvalue weighted by Crippen LogP contribution is -2.17. The van der Waals surface area contributed by atoms with E-state index in [1.807, 2.05) is 30.5 Å². The summed E-state index contributed by atoms with van der Waals surface area (Å²) in [6.07, 6.45) is 6.44. The number of aromatic amines is 1. The number of allylic oxidation sites excluding steroid dienone is 2. The minimum Gasteiger partial charge on any atom is -0.338 e. The average Bonchev–Trinajstić information content (AvgIpc) is 2.94. The van der Waals surface area contributed by atoms with E-state index in [2.05, 4.69) is 50.6 Å². The van der Waals surface area contributed by atoms with E-state index >= 15 is 0 Å². The highest BCUT2D eigenvalue weighted by atomic mass is 15.4. The zero-order valence-corrected chi connectivity index (χ0v) is 13.8. The first-order valence-corrected chi connectivity index (χ1v) is 8.26. The highest BCUT2D eigenvalue weighted by molar-refractivity contribution is 6.03. The van der Waals surface area contributed by atoms with E-state index in [-0.39, 0.29) is 0 Å². The van der Waals surface area contributed by atoms with Crippen molar-refractivity contribution in [3.63, 3.8) is 0 Å². The lowest BCUT2D eigenvalue weighted by atomic mass is 9.82. The van der Waals surface area contributed by atoms with Crippen molar-refractivity contribution in [3.8, 4) is 0 Å². The van der Waals surface area contributed by atoms with Gasteiger partial charge in [-0.2, -0.15) is 10.1 Å². The molecule has 0 aliphatic heterocycles. The van der Waals surface area contributed by atoms with E-state index in [4.69, 9.17) is 0 Å². The molecule has 6 heteroatoms. The third kappa shape index (κ3) is 2.75. The van der Waals surface area contributed by atoms with Crippen molar-refractivity contribution in [1.29, 1.82) is 0 Å². The minimum absolute atomic E-state index is 0.403. The first-order chi connectivity index (χ1) is 11.7. The van der Waals surface area contributed by atoms with Gasteiger partial charge >= 0.3 is 0 Å². The lowest BCUT2D eigenvalue weighted by Gasteiger charge is -2.24. The van der Waals surface area contributed by atoms with Crippen LogP contribution < -0.4 is 5.43 Å². The van der Waals surface area contributed by atoms with Gasteiger partial charge in [0.15, 0.2) is 5.65 Å². The Morgan fingerprint density at radius 3 is 3.04 bits per heavy atom. The zero-order valence-electron chi connectivity index (χ0n) is 13.8. The summed E-state index contributed by atoms with van der Waals surface area (Å²) in [4.78, 5) is 7.72. The second-order valence-corrected chi connectivity index (χ2v) is 6.52. The molecule has 1 aromatic carbocycles. The first kappa shape index (κ1) is 14.8. The Hall–Kier alpha value is -2.76. The number of hydrogen-bond donors (Lipinski definition) is 2. The summed E-state index contributed by atoms with van der Waals surface area (Å²) in [5.41, 5.74) is 6.88. The number of H-pyrrole nitrogens is 1. The number of nitrogens with zero attached hydrogens (tertiary/aromatic N) is 4. The Morgan fingerprint density at radius 1 is 1.29 bits per heavy atom. The number of para-hydroxylation sites is 1. The van der Waals surface area contributed by atoms with Crippen molar-refractivity contribution in [1.82, 2.24) is 20.2 Å². The van der Waals surface area contributed by atoms with Crippen molar-refractivity contribution in [2.24, 2.45) is 16.9 Å². The molecule has 0 saturated carbocycles. The number of nitrogens with one attached hydrogen (secondary N) is 2. The SMILES string of the molecule is CC1=CC[C@H](/C=N/Nc2nnc3c(n2)[nH]c2ccccc23)[C@H](C)C1. The van der Waals surface area contributed by atoms with Crippen LogP contribution in [0.2, 0.25) is 0 Å². The molecule has 2 N–H and O–H groups in total. The van der Waals surface area contributed by atoms with Crippen LogP contribution in [0.4, 0.5) is 5.95 Å². The second kappa shape index (κ2) is 6.03. The number of fused-ring (bicyclic) bond motifs is 3. The Bertz CT molecular complexity index is 939. The Morgan fingerprint density at radius 2 is 2.17 bits per heavy atom. The van der Waals surface area contributed by atoms with Crippen LogP contribution in [0.1, 0.15) is 26.7 Å². The monoisotopic (exact) mass is 320 g/mol. The fourth-order valence-corrected chi connectivity index (χ4v) is 3.28. The van der Waals surface area contributed by atoms with Gasteiger partial charge in [-0.05, 0) is 31.7 Å². The number of hydrazone groups is 1. The number of hydrogen-bond acceptors (Lipinski definition) is 5. The summed E-state index contributed by atoms with van der Waals surface area (Å²) in [6.45, 7) is 4.46. The van der Waals surface area contributed by atoms with Crippen LogP contribution in [-0.4, -0.2) is 26.4 Å². The quantitative estimate of drug-likeness (QED) is 0.436. The van der Waals surface area contributed by atoms with Crippen LogP contribution in [0.15, 0.2) is 41.0 Å². The fraction of sp³-hybridized carbons (Fsp3) is 0.333. The molecule has 0 unspecified atom stereocenters. The molecule has 24 heavy (non-hydrogen) atoms. The normalized spacial score (nSPS) is 21.5. The molecular formula is C18H20N6. The standard InChI is InChI=1S/C18H20N6/c1-11-7-8-13(12(2)9-11)10-19-23-18-21-17-16(22-24-18)14-5-3-4-6-15(14)20-17/h3-7,10,12-13H,8-9H2,1-2H3,(H2,20,21,23,24)/b19-10+/t12-,13-/m1/s1. The number of anilines is 1. The van der Waals surface area contributed by atoms with Crippen LogP contribution in [0.3, 0.4) is 0 Å². The molecule has 2 aromatic heterocycles. The third-order valence-corrected chi connectivity index (χ3v) is 4.67. The first-order valence-electron chi connectivity index (χ1n) is 8.26. The topological polar surface area (TPSA) is 78.8 Å². The van der Waals surface area contributed by atoms with Gasteiger partial charge in [-0.25, -0.2) is 5.43 Å². The fourth-order valence-electron chi connectivity index (χ4n) is 3.28. The molecule has 0 amide bonds. The summed E-state index contributed by atoms with van der Waals surface area (Å²) in [5, 5.41) is 13.7. The Balaban J connectivity index is 1.52. The molecule has 6 nitrogen and oxygen atoms in total. The van der Waals surface area contributed by atoms with Gasteiger partial charge in [-0.3, -0.25) is 0 Å². The Kier molecular flexibility index (Phi) is 3.72. The maximum atomic E-state index is 4.46. The van der Waals surface area contributed by atoms with Crippen molar-refractivity contribution >= 4 is 34.2 Å². The molecule has 0 saturated heterocycles. The van der Waals surface area contributed by atoms with E-state index in [0.29, 0.717) is 23.4 Å². The molecule has 0 bridgehead atoms.